The van der Waals surface area contributed by atoms with Gasteiger partial charge in [-0.25, -0.2) is 0 Å². The quantitative estimate of drug-likeness (QED) is 0.419. The van der Waals surface area contributed by atoms with E-state index in [4.69, 9.17) is 11.5 Å². The van der Waals surface area contributed by atoms with Gasteiger partial charge in [0.2, 0.25) is 5.96 Å². The fraction of sp³-hybridized carbons (Fsp3) is 0.0526. The van der Waals surface area contributed by atoms with Gasteiger partial charge in [0.1, 0.15) is 0 Å². The van der Waals surface area contributed by atoms with Crippen molar-refractivity contribution in [3.05, 3.63) is 78.0 Å². The number of hydrogen-bond acceptors (Lipinski definition) is 2. The van der Waals surface area contributed by atoms with E-state index in [2.05, 4.69) is 51.2 Å². The standard InChI is InChI=1S/C19H19N5.ClH/c20-19(21)23-22-13-16-14-24(18-11-5-4-10-17(16)18)12-6-9-15-7-2-1-3-8-15;/h1-11,13-14H,12H2,(H4,20,21,23);1H/b9-6+,22-13+;. The molecule has 3 rings (SSSR count). The first kappa shape index (κ1) is 18.3. The zero-order valence-corrected chi connectivity index (χ0v) is 14.4. The number of benzene rings is 2. The van der Waals surface area contributed by atoms with Gasteiger partial charge in [-0.3, -0.25) is 0 Å². The molecule has 25 heavy (non-hydrogen) atoms. The summed E-state index contributed by atoms with van der Waals surface area (Å²) in [6.45, 7) is 0.769. The van der Waals surface area contributed by atoms with Gasteiger partial charge in [0.15, 0.2) is 0 Å². The van der Waals surface area contributed by atoms with Crippen LogP contribution in [0.1, 0.15) is 11.1 Å². The molecule has 0 amide bonds. The van der Waals surface area contributed by atoms with Crippen molar-refractivity contribution < 1.29 is 0 Å². The number of allylic oxidation sites excluding steroid dienone is 1. The van der Waals surface area contributed by atoms with Crippen LogP contribution in [0.4, 0.5) is 0 Å². The predicted molar refractivity (Wildman–Crippen MR) is 108 cm³/mol. The zero-order valence-electron chi connectivity index (χ0n) is 13.6. The minimum absolute atomic E-state index is 0. The summed E-state index contributed by atoms with van der Waals surface area (Å²) in [5.74, 6) is -0.0548. The molecule has 0 saturated heterocycles. The van der Waals surface area contributed by atoms with E-state index in [-0.39, 0.29) is 18.4 Å². The van der Waals surface area contributed by atoms with Crippen LogP contribution in [0.5, 0.6) is 0 Å². The van der Waals surface area contributed by atoms with Gasteiger partial charge < -0.3 is 16.0 Å². The maximum atomic E-state index is 5.30. The smallest absolute Gasteiger partial charge is 0.211 e. The second kappa shape index (κ2) is 8.70. The summed E-state index contributed by atoms with van der Waals surface area (Å²) in [5.41, 5.74) is 13.9. The molecule has 0 unspecified atom stereocenters. The van der Waals surface area contributed by atoms with Crippen molar-refractivity contribution in [1.29, 1.82) is 0 Å². The number of nitrogens with two attached hydrogens (primary N) is 2. The van der Waals surface area contributed by atoms with E-state index in [1.165, 1.54) is 5.56 Å². The van der Waals surface area contributed by atoms with E-state index in [1.54, 1.807) is 6.21 Å². The lowest BCUT2D eigenvalue weighted by Crippen LogP contribution is -2.21. The number of fused-ring (bicyclic) bond motifs is 1. The normalized spacial score (nSPS) is 11.0. The Morgan fingerprint density at radius 3 is 2.48 bits per heavy atom. The summed E-state index contributed by atoms with van der Waals surface area (Å²) in [6, 6.07) is 18.4. The van der Waals surface area contributed by atoms with E-state index < -0.39 is 0 Å². The Kier molecular flexibility index (Phi) is 6.37. The van der Waals surface area contributed by atoms with Gasteiger partial charge in [-0.1, -0.05) is 60.7 Å². The highest BCUT2D eigenvalue weighted by molar-refractivity contribution is 5.99. The first-order valence-electron chi connectivity index (χ1n) is 7.65. The zero-order chi connectivity index (χ0) is 16.8. The highest BCUT2D eigenvalue weighted by Gasteiger charge is 2.05. The van der Waals surface area contributed by atoms with E-state index >= 15 is 0 Å². The van der Waals surface area contributed by atoms with Gasteiger partial charge in [-0.2, -0.15) is 5.10 Å². The average Bonchev–Trinajstić information content (AvgIpc) is 2.94. The largest absolute Gasteiger partial charge is 0.369 e. The third-order valence-electron chi connectivity index (χ3n) is 3.60. The van der Waals surface area contributed by atoms with Crippen molar-refractivity contribution in [3.63, 3.8) is 0 Å². The average molecular weight is 354 g/mol. The third-order valence-corrected chi connectivity index (χ3v) is 3.60. The van der Waals surface area contributed by atoms with Crippen molar-refractivity contribution >= 4 is 41.6 Å². The first-order chi connectivity index (χ1) is 11.7. The molecule has 0 spiro atoms. The molecule has 4 N–H and O–H groups in total. The lowest BCUT2D eigenvalue weighted by molar-refractivity contribution is 0.866. The molecule has 0 aliphatic carbocycles. The number of guanidine groups is 1. The van der Waals surface area contributed by atoms with Crippen LogP contribution in [0.3, 0.4) is 0 Å². The fourth-order valence-corrected chi connectivity index (χ4v) is 2.55. The summed E-state index contributed by atoms with van der Waals surface area (Å²) >= 11 is 0. The Hall–Kier alpha value is -3.05. The van der Waals surface area contributed by atoms with E-state index in [0.29, 0.717) is 0 Å². The SMILES string of the molecule is Cl.NC(N)=N/N=C/c1cn(C/C=C/c2ccccc2)c2ccccc12. The molecule has 0 fully saturated rings. The molecule has 2 aromatic carbocycles. The van der Waals surface area contributed by atoms with Crippen LogP contribution < -0.4 is 11.5 Å². The van der Waals surface area contributed by atoms with Gasteiger partial charge in [0.25, 0.3) is 0 Å². The van der Waals surface area contributed by atoms with Crippen LogP contribution in [0, 0.1) is 0 Å². The Morgan fingerprint density at radius 1 is 1.00 bits per heavy atom. The van der Waals surface area contributed by atoms with Crippen LogP contribution in [0.2, 0.25) is 0 Å². The number of rotatable bonds is 5. The topological polar surface area (TPSA) is 81.7 Å². The van der Waals surface area contributed by atoms with E-state index in [9.17, 15) is 0 Å². The van der Waals surface area contributed by atoms with Crippen LogP contribution in [0.25, 0.3) is 17.0 Å². The van der Waals surface area contributed by atoms with Crippen molar-refractivity contribution in [3.8, 4) is 0 Å². The monoisotopic (exact) mass is 353 g/mol. The number of nitrogens with zero attached hydrogens (tertiary/aromatic N) is 3. The van der Waals surface area contributed by atoms with Gasteiger partial charge >= 0.3 is 0 Å². The van der Waals surface area contributed by atoms with Crippen LogP contribution >= 0.6 is 12.4 Å². The molecule has 0 atom stereocenters. The van der Waals surface area contributed by atoms with Gasteiger partial charge in [0, 0.05) is 29.2 Å². The Labute approximate surface area is 152 Å². The lowest BCUT2D eigenvalue weighted by atomic mass is 10.2. The fourth-order valence-electron chi connectivity index (χ4n) is 2.55. The maximum absolute atomic E-state index is 5.30. The summed E-state index contributed by atoms with van der Waals surface area (Å²) in [7, 11) is 0. The highest BCUT2D eigenvalue weighted by atomic mass is 35.5. The number of aromatic nitrogens is 1. The van der Waals surface area contributed by atoms with Crippen molar-refractivity contribution in [1.82, 2.24) is 4.57 Å². The predicted octanol–water partition coefficient (Wildman–Crippen LogP) is 3.38. The highest BCUT2D eigenvalue weighted by Crippen LogP contribution is 2.20. The molecule has 128 valence electrons. The number of hydrogen-bond donors (Lipinski definition) is 2. The minimum Gasteiger partial charge on any atom is -0.369 e. The lowest BCUT2D eigenvalue weighted by Gasteiger charge is -2.00. The number of para-hydroxylation sites is 1. The van der Waals surface area contributed by atoms with Crippen molar-refractivity contribution in [2.45, 2.75) is 6.54 Å². The summed E-state index contributed by atoms with van der Waals surface area (Å²) in [5, 5.41) is 8.68. The molecule has 6 heteroatoms. The third kappa shape index (κ3) is 4.71. The Bertz CT molecular complexity index is 906. The van der Waals surface area contributed by atoms with Gasteiger partial charge in [0.05, 0.1) is 6.21 Å². The van der Waals surface area contributed by atoms with E-state index in [1.807, 2.05) is 36.5 Å². The molecule has 5 nitrogen and oxygen atoms in total. The van der Waals surface area contributed by atoms with Crippen LogP contribution in [-0.2, 0) is 6.54 Å². The summed E-state index contributed by atoms with van der Waals surface area (Å²) < 4.78 is 2.17. The number of halogens is 1. The molecule has 0 radical (unpaired) electrons. The van der Waals surface area contributed by atoms with Crippen LogP contribution in [-0.4, -0.2) is 16.7 Å². The Balaban J connectivity index is 0.00000225. The molecule has 1 aromatic heterocycles. The van der Waals surface area contributed by atoms with Gasteiger partial charge in [-0.05, 0) is 11.6 Å². The molecule has 1 heterocycles. The molecule has 0 aliphatic rings. The molecular formula is C19H20ClN5. The molecule has 3 aromatic rings. The maximum Gasteiger partial charge on any atom is 0.211 e. The van der Waals surface area contributed by atoms with Crippen molar-refractivity contribution in [2.75, 3.05) is 0 Å². The Morgan fingerprint density at radius 2 is 1.72 bits per heavy atom. The van der Waals surface area contributed by atoms with E-state index in [0.717, 1.165) is 23.0 Å². The summed E-state index contributed by atoms with van der Waals surface area (Å²) in [4.78, 5) is 0. The summed E-state index contributed by atoms with van der Waals surface area (Å²) in [6.07, 6.45) is 7.96. The second-order valence-corrected chi connectivity index (χ2v) is 5.34. The molecule has 0 bridgehead atoms. The van der Waals surface area contributed by atoms with Gasteiger partial charge in [-0.15, -0.1) is 17.5 Å². The molecular weight excluding hydrogens is 334 g/mol. The van der Waals surface area contributed by atoms with Crippen molar-refractivity contribution in [2.24, 2.45) is 21.7 Å². The first-order valence-corrected chi connectivity index (χ1v) is 7.65. The minimum atomic E-state index is -0.0548. The van der Waals surface area contributed by atoms with Crippen LogP contribution in [0.15, 0.2) is 77.1 Å². The molecule has 0 saturated carbocycles. The molecule has 0 aliphatic heterocycles. The second-order valence-electron chi connectivity index (χ2n) is 5.34.